The number of rotatable bonds is 8. The van der Waals surface area contributed by atoms with Crippen LogP contribution in [0.25, 0.3) is 0 Å². The highest BCUT2D eigenvalue weighted by Gasteiger charge is 2.01. The summed E-state index contributed by atoms with van der Waals surface area (Å²) in [4.78, 5) is 0. The third-order valence-corrected chi connectivity index (χ3v) is 2.30. The van der Waals surface area contributed by atoms with Gasteiger partial charge in [-0.15, -0.1) is 0 Å². The standard InChI is InChI=1S/C11H25NO/c1-4-5-6-7-10(2)12-9-8-11(3)13/h10-13H,4-9H2,1-3H3/t10-,11+/m0/s1. The van der Waals surface area contributed by atoms with Gasteiger partial charge in [0.2, 0.25) is 0 Å². The van der Waals surface area contributed by atoms with Crippen molar-refractivity contribution in [1.82, 2.24) is 5.32 Å². The molecule has 0 saturated heterocycles. The zero-order chi connectivity index (χ0) is 10.1. The second kappa shape index (κ2) is 8.52. The van der Waals surface area contributed by atoms with Crippen molar-refractivity contribution in [2.75, 3.05) is 6.54 Å². The molecule has 0 heterocycles. The minimum Gasteiger partial charge on any atom is -0.393 e. The van der Waals surface area contributed by atoms with Crippen LogP contribution in [0.15, 0.2) is 0 Å². The highest BCUT2D eigenvalue weighted by molar-refractivity contribution is 4.61. The molecule has 0 spiro atoms. The van der Waals surface area contributed by atoms with Crippen molar-refractivity contribution < 1.29 is 5.11 Å². The van der Waals surface area contributed by atoms with E-state index in [4.69, 9.17) is 5.11 Å². The van der Waals surface area contributed by atoms with E-state index in [1.165, 1.54) is 25.7 Å². The van der Waals surface area contributed by atoms with Crippen molar-refractivity contribution in [2.45, 2.75) is 65.0 Å². The highest BCUT2D eigenvalue weighted by atomic mass is 16.3. The first-order chi connectivity index (χ1) is 6.16. The molecule has 0 bridgehead atoms. The maximum Gasteiger partial charge on any atom is 0.0524 e. The van der Waals surface area contributed by atoms with Gasteiger partial charge in [-0.2, -0.15) is 0 Å². The number of hydrogen-bond acceptors (Lipinski definition) is 2. The van der Waals surface area contributed by atoms with E-state index < -0.39 is 0 Å². The van der Waals surface area contributed by atoms with Gasteiger partial charge in [0, 0.05) is 6.04 Å². The van der Waals surface area contributed by atoms with Gasteiger partial charge in [0.25, 0.3) is 0 Å². The highest BCUT2D eigenvalue weighted by Crippen LogP contribution is 2.02. The first-order valence-corrected chi connectivity index (χ1v) is 5.58. The Labute approximate surface area is 82.7 Å². The van der Waals surface area contributed by atoms with E-state index in [1.54, 1.807) is 0 Å². The monoisotopic (exact) mass is 187 g/mol. The molecule has 2 atom stereocenters. The Bertz CT molecular complexity index is 104. The molecule has 13 heavy (non-hydrogen) atoms. The van der Waals surface area contributed by atoms with Crippen LogP contribution in [0.1, 0.15) is 52.9 Å². The Kier molecular flexibility index (Phi) is 8.46. The largest absolute Gasteiger partial charge is 0.393 e. The van der Waals surface area contributed by atoms with Crippen LogP contribution in [0.4, 0.5) is 0 Å². The van der Waals surface area contributed by atoms with Crippen molar-refractivity contribution in [1.29, 1.82) is 0 Å². The number of hydrogen-bond donors (Lipinski definition) is 2. The Morgan fingerprint density at radius 1 is 1.15 bits per heavy atom. The number of unbranched alkanes of at least 4 members (excludes halogenated alkanes) is 2. The molecule has 0 fully saturated rings. The normalized spacial score (nSPS) is 15.7. The van der Waals surface area contributed by atoms with Crippen LogP contribution in [0, 0.1) is 0 Å². The molecule has 0 aliphatic carbocycles. The van der Waals surface area contributed by atoms with Crippen LogP contribution in [0.5, 0.6) is 0 Å². The van der Waals surface area contributed by atoms with Crippen molar-refractivity contribution in [3.8, 4) is 0 Å². The lowest BCUT2D eigenvalue weighted by Crippen LogP contribution is -2.28. The molecule has 0 aromatic carbocycles. The van der Waals surface area contributed by atoms with Crippen molar-refractivity contribution in [3.05, 3.63) is 0 Å². The molecule has 2 N–H and O–H groups in total. The predicted octanol–water partition coefficient (Wildman–Crippen LogP) is 2.32. The topological polar surface area (TPSA) is 32.3 Å². The van der Waals surface area contributed by atoms with Gasteiger partial charge < -0.3 is 10.4 Å². The van der Waals surface area contributed by atoms with E-state index in [0.29, 0.717) is 6.04 Å². The Hall–Kier alpha value is -0.0800. The van der Waals surface area contributed by atoms with E-state index in [1.807, 2.05) is 6.92 Å². The fourth-order valence-electron chi connectivity index (χ4n) is 1.34. The van der Waals surface area contributed by atoms with Gasteiger partial charge in [0.1, 0.15) is 0 Å². The lowest BCUT2D eigenvalue weighted by Gasteiger charge is -2.13. The van der Waals surface area contributed by atoms with Gasteiger partial charge >= 0.3 is 0 Å². The summed E-state index contributed by atoms with van der Waals surface area (Å²) in [5, 5.41) is 12.5. The van der Waals surface area contributed by atoms with E-state index in [-0.39, 0.29) is 6.10 Å². The minimum atomic E-state index is -0.171. The van der Waals surface area contributed by atoms with E-state index in [0.717, 1.165) is 13.0 Å². The molecule has 0 aromatic heterocycles. The van der Waals surface area contributed by atoms with E-state index in [9.17, 15) is 0 Å². The third-order valence-electron chi connectivity index (χ3n) is 2.30. The quantitative estimate of drug-likeness (QED) is 0.572. The Morgan fingerprint density at radius 2 is 1.85 bits per heavy atom. The third kappa shape index (κ3) is 9.84. The molecular formula is C11H25NO. The molecule has 0 aliphatic heterocycles. The molecule has 80 valence electrons. The summed E-state index contributed by atoms with van der Waals surface area (Å²) in [6.45, 7) is 7.22. The Morgan fingerprint density at radius 3 is 2.38 bits per heavy atom. The second-order valence-electron chi connectivity index (χ2n) is 3.99. The summed E-state index contributed by atoms with van der Waals surface area (Å²) in [7, 11) is 0. The number of aliphatic hydroxyl groups is 1. The summed E-state index contributed by atoms with van der Waals surface area (Å²) < 4.78 is 0. The second-order valence-corrected chi connectivity index (χ2v) is 3.99. The van der Waals surface area contributed by atoms with Gasteiger partial charge in [-0.3, -0.25) is 0 Å². The average Bonchev–Trinajstić information content (AvgIpc) is 2.04. The first kappa shape index (κ1) is 12.9. The fraction of sp³-hybridized carbons (Fsp3) is 1.00. The molecule has 2 nitrogen and oxygen atoms in total. The predicted molar refractivity (Wildman–Crippen MR) is 57.9 cm³/mol. The molecule has 0 rings (SSSR count). The van der Waals surface area contributed by atoms with Crippen LogP contribution >= 0.6 is 0 Å². The van der Waals surface area contributed by atoms with Gasteiger partial charge in [0.15, 0.2) is 0 Å². The van der Waals surface area contributed by atoms with Crippen LogP contribution in [0.3, 0.4) is 0 Å². The summed E-state index contributed by atoms with van der Waals surface area (Å²) in [5.41, 5.74) is 0. The molecule has 0 aliphatic rings. The van der Waals surface area contributed by atoms with Gasteiger partial charge in [-0.05, 0) is 33.2 Å². The molecule has 0 amide bonds. The maximum absolute atomic E-state index is 9.04. The lowest BCUT2D eigenvalue weighted by molar-refractivity contribution is 0.182. The summed E-state index contributed by atoms with van der Waals surface area (Å²) in [5.74, 6) is 0. The maximum atomic E-state index is 9.04. The molecule has 0 unspecified atom stereocenters. The van der Waals surface area contributed by atoms with Crippen LogP contribution < -0.4 is 5.32 Å². The van der Waals surface area contributed by atoms with Crippen molar-refractivity contribution >= 4 is 0 Å². The van der Waals surface area contributed by atoms with Crippen molar-refractivity contribution in [3.63, 3.8) is 0 Å². The Balaban J connectivity index is 3.15. The summed E-state index contributed by atoms with van der Waals surface area (Å²) >= 11 is 0. The molecular weight excluding hydrogens is 162 g/mol. The summed E-state index contributed by atoms with van der Waals surface area (Å²) in [6, 6.07) is 0.602. The molecule has 2 heteroatoms. The van der Waals surface area contributed by atoms with Crippen molar-refractivity contribution in [2.24, 2.45) is 0 Å². The van der Waals surface area contributed by atoms with Crippen LogP contribution in [-0.2, 0) is 0 Å². The van der Waals surface area contributed by atoms with Gasteiger partial charge in [-0.1, -0.05) is 26.2 Å². The smallest absolute Gasteiger partial charge is 0.0524 e. The number of aliphatic hydroxyl groups excluding tert-OH is 1. The van der Waals surface area contributed by atoms with Crippen LogP contribution in [-0.4, -0.2) is 23.8 Å². The van der Waals surface area contributed by atoms with E-state index in [2.05, 4.69) is 19.2 Å². The van der Waals surface area contributed by atoms with E-state index >= 15 is 0 Å². The number of nitrogens with one attached hydrogen (secondary N) is 1. The average molecular weight is 187 g/mol. The zero-order valence-electron chi connectivity index (χ0n) is 9.34. The molecule has 0 aromatic rings. The molecule has 0 radical (unpaired) electrons. The van der Waals surface area contributed by atoms with Crippen LogP contribution in [0.2, 0.25) is 0 Å². The minimum absolute atomic E-state index is 0.171. The molecule has 0 saturated carbocycles. The fourth-order valence-corrected chi connectivity index (χ4v) is 1.34. The summed E-state index contributed by atoms with van der Waals surface area (Å²) in [6.07, 6.45) is 5.89. The van der Waals surface area contributed by atoms with Gasteiger partial charge in [0.05, 0.1) is 6.10 Å². The first-order valence-electron chi connectivity index (χ1n) is 5.58. The SMILES string of the molecule is CCCCC[C@H](C)NCC[C@@H](C)O. The zero-order valence-corrected chi connectivity index (χ0v) is 9.34. The lowest BCUT2D eigenvalue weighted by atomic mass is 10.1. The van der Waals surface area contributed by atoms with Gasteiger partial charge in [-0.25, -0.2) is 0 Å².